The zero-order valence-electron chi connectivity index (χ0n) is 17.3. The van der Waals surface area contributed by atoms with Gasteiger partial charge in [-0.3, -0.25) is 4.57 Å². The average molecular weight is 497 g/mol. The lowest BCUT2D eigenvalue weighted by atomic mass is 9.97. The van der Waals surface area contributed by atoms with Gasteiger partial charge in [-0.05, 0) is 24.3 Å². The number of hydrogen-bond donors (Lipinski definition) is 0. The summed E-state index contributed by atoms with van der Waals surface area (Å²) in [6.07, 6.45) is -1.70. The number of benzene rings is 2. The lowest BCUT2D eigenvalue weighted by Crippen LogP contribution is -2.24. The van der Waals surface area contributed by atoms with Crippen LogP contribution in [0.4, 0.5) is 22.0 Å². The molecule has 178 valence electrons. The second-order valence-corrected chi connectivity index (χ2v) is 8.83. The lowest BCUT2D eigenvalue weighted by molar-refractivity contribution is -0.137. The first-order valence-corrected chi connectivity index (χ1v) is 11.4. The summed E-state index contributed by atoms with van der Waals surface area (Å²) in [5.74, 6) is -2.38. The summed E-state index contributed by atoms with van der Waals surface area (Å²) in [5.41, 5.74) is -2.80. The van der Waals surface area contributed by atoms with E-state index in [0.29, 0.717) is 24.2 Å². The van der Waals surface area contributed by atoms with Crippen LogP contribution in [-0.2, 0) is 33.9 Å². The molecule has 0 saturated carbocycles. The third-order valence-corrected chi connectivity index (χ3v) is 6.14. The Labute approximate surface area is 189 Å². The van der Waals surface area contributed by atoms with Crippen molar-refractivity contribution in [2.45, 2.75) is 25.2 Å². The van der Waals surface area contributed by atoms with Crippen LogP contribution in [0.25, 0.3) is 27.9 Å². The SMILES string of the molecule is C[S-](=O)=N[C@H]1Cc2cn(-c3noc4cc(C(F)(F)F)cc(-c5c(F)cccc5F)c34)c(=O)n2C1. The molecule has 0 amide bonds. The molecule has 0 fully saturated rings. The fourth-order valence-corrected chi connectivity index (χ4v) is 4.73. The number of nitrogens with zero attached hydrogens (tertiary/aromatic N) is 4. The Bertz CT molecular complexity index is 1570. The normalized spacial score (nSPS) is 16.9. The van der Waals surface area contributed by atoms with Crippen LogP contribution in [0.3, 0.4) is 0 Å². The van der Waals surface area contributed by atoms with Gasteiger partial charge in [-0.25, -0.2) is 18.1 Å². The molecule has 1 aliphatic rings. The van der Waals surface area contributed by atoms with Crippen molar-refractivity contribution in [2.75, 3.05) is 6.26 Å². The minimum Gasteiger partial charge on any atom is -0.445 e. The van der Waals surface area contributed by atoms with Crippen LogP contribution in [0.15, 0.2) is 50.2 Å². The van der Waals surface area contributed by atoms with E-state index in [1.54, 1.807) is 0 Å². The summed E-state index contributed by atoms with van der Waals surface area (Å²) < 4.78 is 92.6. The van der Waals surface area contributed by atoms with E-state index in [1.807, 2.05) is 0 Å². The summed E-state index contributed by atoms with van der Waals surface area (Å²) in [6.45, 7) is 0.156. The number of hydrogen-bond acceptors (Lipinski definition) is 6. The lowest BCUT2D eigenvalue weighted by Gasteiger charge is -2.12. The van der Waals surface area contributed by atoms with Gasteiger partial charge in [0, 0.05) is 36.5 Å². The molecule has 0 saturated heterocycles. The minimum absolute atomic E-state index is 0.153. The maximum atomic E-state index is 14.6. The highest BCUT2D eigenvalue weighted by Gasteiger charge is 2.34. The highest BCUT2D eigenvalue weighted by atomic mass is 32.2. The molecule has 0 spiro atoms. The summed E-state index contributed by atoms with van der Waals surface area (Å²) in [7, 11) is -1.41. The quantitative estimate of drug-likeness (QED) is 0.310. The van der Waals surface area contributed by atoms with Crippen molar-refractivity contribution in [3.05, 3.63) is 69.9 Å². The summed E-state index contributed by atoms with van der Waals surface area (Å²) in [4.78, 5) is 13.0. The Morgan fingerprint density at radius 3 is 2.53 bits per heavy atom. The Balaban J connectivity index is 1.76. The maximum Gasteiger partial charge on any atom is 0.416 e. The van der Waals surface area contributed by atoms with Gasteiger partial charge in [-0.15, -0.1) is 6.26 Å². The summed E-state index contributed by atoms with van der Waals surface area (Å²) in [6, 6.07) is 3.81. The molecule has 5 rings (SSSR count). The van der Waals surface area contributed by atoms with Gasteiger partial charge in [-0.1, -0.05) is 11.2 Å². The van der Waals surface area contributed by atoms with E-state index in [4.69, 9.17) is 4.52 Å². The first-order chi connectivity index (χ1) is 16.0. The highest BCUT2D eigenvalue weighted by Crippen LogP contribution is 2.41. The summed E-state index contributed by atoms with van der Waals surface area (Å²) >= 11 is 0. The van der Waals surface area contributed by atoms with Gasteiger partial charge in [-0.2, -0.15) is 23.8 Å². The largest absolute Gasteiger partial charge is 0.445 e. The van der Waals surface area contributed by atoms with Crippen LogP contribution in [0.1, 0.15) is 11.3 Å². The first kappa shape index (κ1) is 22.3. The fraction of sp³-hybridized carbons (Fsp3) is 0.238. The third kappa shape index (κ3) is 3.59. The van der Waals surface area contributed by atoms with Crippen LogP contribution in [0, 0.1) is 11.6 Å². The molecule has 7 nitrogen and oxygen atoms in total. The van der Waals surface area contributed by atoms with Gasteiger partial charge in [0.15, 0.2) is 11.4 Å². The molecule has 2 aromatic carbocycles. The maximum absolute atomic E-state index is 14.6. The predicted octanol–water partition coefficient (Wildman–Crippen LogP) is 4.45. The van der Waals surface area contributed by atoms with Crippen LogP contribution < -0.4 is 5.69 Å². The second-order valence-electron chi connectivity index (χ2n) is 7.77. The Morgan fingerprint density at radius 2 is 1.91 bits per heavy atom. The highest BCUT2D eigenvalue weighted by molar-refractivity contribution is 7.74. The number of imidazole rings is 1. The fourth-order valence-electron chi connectivity index (χ4n) is 4.17. The van der Waals surface area contributed by atoms with Crippen LogP contribution in [0.5, 0.6) is 0 Å². The van der Waals surface area contributed by atoms with Crippen molar-refractivity contribution in [3.63, 3.8) is 0 Å². The van der Waals surface area contributed by atoms with Gasteiger partial charge >= 0.3 is 11.9 Å². The van der Waals surface area contributed by atoms with E-state index < -0.39 is 56.4 Å². The van der Waals surface area contributed by atoms with Gasteiger partial charge in [0.05, 0.1) is 16.5 Å². The molecule has 13 heteroatoms. The first-order valence-electron chi connectivity index (χ1n) is 9.85. The van der Waals surface area contributed by atoms with Gasteiger partial charge in [0.1, 0.15) is 11.6 Å². The van der Waals surface area contributed by atoms with Gasteiger partial charge in [0.25, 0.3) is 0 Å². The molecule has 0 unspecified atom stereocenters. The summed E-state index contributed by atoms with van der Waals surface area (Å²) in [5, 5.41) is 3.61. The average Bonchev–Trinajstić information content (AvgIpc) is 3.41. The standard InChI is InChI=1S/C21H14F5N4O3S/c1-34(32)28-11-7-12-9-30(20(31)29(12)8-11)19-18-13(17-14(22)3-2-4-15(17)23)5-10(21(24,25)26)6-16(18)33-27-19/h2-6,9,11H,7-8H2,1H3/q-1/t11-/m0/s1. The number of fused-ring (bicyclic) bond motifs is 2. The van der Waals surface area contributed by atoms with E-state index in [9.17, 15) is 31.0 Å². The third-order valence-electron chi connectivity index (χ3n) is 5.54. The number of halogens is 5. The predicted molar refractivity (Wildman–Crippen MR) is 112 cm³/mol. The molecule has 0 radical (unpaired) electrons. The molecule has 1 atom stereocenters. The molecule has 0 bridgehead atoms. The Hall–Kier alpha value is -3.48. The Kier molecular flexibility index (Phi) is 5.11. The van der Waals surface area contributed by atoms with Crippen LogP contribution in [-0.4, -0.2) is 26.6 Å². The molecule has 3 heterocycles. The monoisotopic (exact) mass is 497 g/mol. The molecule has 1 aliphatic heterocycles. The number of aromatic nitrogens is 3. The molecule has 2 aromatic heterocycles. The molecule has 34 heavy (non-hydrogen) atoms. The van der Waals surface area contributed by atoms with Crippen molar-refractivity contribution in [1.82, 2.24) is 14.3 Å². The van der Waals surface area contributed by atoms with Crippen molar-refractivity contribution in [3.8, 4) is 16.9 Å². The van der Waals surface area contributed by atoms with Crippen LogP contribution >= 0.6 is 0 Å². The van der Waals surface area contributed by atoms with Crippen molar-refractivity contribution < 1.29 is 30.7 Å². The van der Waals surface area contributed by atoms with E-state index >= 15 is 0 Å². The Morgan fingerprint density at radius 1 is 1.21 bits per heavy atom. The van der Waals surface area contributed by atoms with Gasteiger partial charge in [0.2, 0.25) is 0 Å². The zero-order chi connectivity index (χ0) is 24.4. The van der Waals surface area contributed by atoms with Crippen molar-refractivity contribution in [1.29, 1.82) is 0 Å². The van der Waals surface area contributed by atoms with E-state index in [2.05, 4.69) is 9.52 Å². The molecule has 4 aromatic rings. The van der Waals surface area contributed by atoms with E-state index in [-0.39, 0.29) is 23.8 Å². The molecular weight excluding hydrogens is 483 g/mol. The van der Waals surface area contributed by atoms with Crippen LogP contribution in [0.2, 0.25) is 0 Å². The molecular formula is C21H14F5N4O3S-. The number of rotatable bonds is 3. The topological polar surface area (TPSA) is 82.4 Å². The second kappa shape index (κ2) is 7.79. The van der Waals surface area contributed by atoms with Crippen molar-refractivity contribution >= 4 is 21.6 Å². The van der Waals surface area contributed by atoms with E-state index in [0.717, 1.165) is 22.8 Å². The van der Waals surface area contributed by atoms with E-state index in [1.165, 1.54) is 17.0 Å². The molecule has 0 aliphatic carbocycles. The smallest absolute Gasteiger partial charge is 0.416 e. The minimum atomic E-state index is -4.83. The number of alkyl halides is 3. The zero-order valence-corrected chi connectivity index (χ0v) is 18.1. The van der Waals surface area contributed by atoms with Gasteiger partial charge < -0.3 is 13.1 Å². The molecule has 0 N–H and O–H groups in total. The van der Waals surface area contributed by atoms with Crippen molar-refractivity contribution in [2.24, 2.45) is 4.36 Å².